The molecule has 2 aliphatic rings. The molecule has 8 nitrogen and oxygen atoms in total. The summed E-state index contributed by atoms with van der Waals surface area (Å²) in [7, 11) is 0. The molecule has 0 spiro atoms. The second kappa shape index (κ2) is 12.4. The van der Waals surface area contributed by atoms with E-state index >= 15 is 0 Å². The van der Waals surface area contributed by atoms with E-state index in [2.05, 4.69) is 10.6 Å². The van der Waals surface area contributed by atoms with E-state index in [1.54, 1.807) is 0 Å². The van der Waals surface area contributed by atoms with Crippen molar-refractivity contribution in [2.45, 2.75) is 77.8 Å². The second-order valence-corrected chi connectivity index (χ2v) is 11.2. The van der Waals surface area contributed by atoms with Crippen LogP contribution >= 0.6 is 0 Å². The fraction of sp³-hybridized carbons (Fsp3) is 0.667. The van der Waals surface area contributed by atoms with Crippen LogP contribution in [0.5, 0.6) is 0 Å². The molecule has 1 aliphatic carbocycles. The van der Waals surface area contributed by atoms with Gasteiger partial charge in [0.25, 0.3) is 0 Å². The van der Waals surface area contributed by atoms with Crippen LogP contribution in [0.25, 0.3) is 0 Å². The monoisotopic (exact) mass is 486 g/mol. The Hall–Kier alpha value is -2.61. The Bertz CT molecular complexity index is 827. The summed E-state index contributed by atoms with van der Waals surface area (Å²) in [5.74, 6) is -0.482. The molecule has 194 valence electrons. The van der Waals surface area contributed by atoms with E-state index in [4.69, 9.17) is 0 Å². The number of nitrogens with zero attached hydrogens (tertiary/aromatic N) is 2. The molecular weight excluding hydrogens is 444 g/mol. The Morgan fingerprint density at radius 2 is 1.74 bits per heavy atom. The van der Waals surface area contributed by atoms with Crippen LogP contribution in [0.15, 0.2) is 30.3 Å². The Morgan fingerprint density at radius 1 is 1.11 bits per heavy atom. The third kappa shape index (κ3) is 7.95. The smallest absolute Gasteiger partial charge is 0.245 e. The number of amides is 3. The molecule has 8 heteroatoms. The van der Waals surface area contributed by atoms with Crippen LogP contribution in [0, 0.1) is 17.3 Å². The van der Waals surface area contributed by atoms with Crippen molar-refractivity contribution >= 4 is 23.9 Å². The van der Waals surface area contributed by atoms with Gasteiger partial charge in [0.1, 0.15) is 6.04 Å². The number of piperidine rings is 1. The number of carbonyl (C=O) groups excluding carboxylic acids is 3. The quantitative estimate of drug-likeness (QED) is 0.266. The number of nitrogens with one attached hydrogen (secondary N) is 2. The SMILES string of the molecule is CC(C)(C)[C@H](NC(=O)C(CC1CCCC1)CN(O)C=O)C(=O)N1CCC(Nc2ccccc2)CC1. The summed E-state index contributed by atoms with van der Waals surface area (Å²) in [5.41, 5.74) is 0.603. The number of rotatable bonds is 10. The maximum atomic E-state index is 13.6. The van der Waals surface area contributed by atoms with E-state index < -0.39 is 17.4 Å². The molecule has 3 N–H and O–H groups in total. The summed E-state index contributed by atoms with van der Waals surface area (Å²) in [6, 6.07) is 9.71. The van der Waals surface area contributed by atoms with Crippen molar-refractivity contribution in [3.63, 3.8) is 0 Å². The van der Waals surface area contributed by atoms with Crippen LogP contribution in [0.1, 0.15) is 65.7 Å². The maximum absolute atomic E-state index is 13.6. The summed E-state index contributed by atoms with van der Waals surface area (Å²) < 4.78 is 0. The highest BCUT2D eigenvalue weighted by atomic mass is 16.5. The van der Waals surface area contributed by atoms with Gasteiger partial charge in [-0.25, -0.2) is 5.06 Å². The first-order valence-electron chi connectivity index (χ1n) is 13.0. The van der Waals surface area contributed by atoms with E-state index in [1.807, 2.05) is 56.0 Å². The summed E-state index contributed by atoms with van der Waals surface area (Å²) in [4.78, 5) is 39.8. The van der Waals surface area contributed by atoms with E-state index in [1.165, 1.54) is 0 Å². The highest BCUT2D eigenvalue weighted by Crippen LogP contribution is 2.31. The lowest BCUT2D eigenvalue weighted by atomic mass is 9.84. The molecule has 35 heavy (non-hydrogen) atoms. The number of carbonyl (C=O) groups is 3. The lowest BCUT2D eigenvalue weighted by Gasteiger charge is -2.39. The van der Waals surface area contributed by atoms with Crippen molar-refractivity contribution < 1.29 is 19.6 Å². The van der Waals surface area contributed by atoms with Gasteiger partial charge in [0.05, 0.1) is 12.5 Å². The Labute approximate surface area is 209 Å². The third-order valence-electron chi connectivity index (χ3n) is 7.34. The van der Waals surface area contributed by atoms with Crippen molar-refractivity contribution in [2.24, 2.45) is 17.3 Å². The van der Waals surface area contributed by atoms with E-state index in [9.17, 15) is 19.6 Å². The van der Waals surface area contributed by atoms with Gasteiger partial charge in [-0.15, -0.1) is 0 Å². The van der Waals surface area contributed by atoms with Crippen molar-refractivity contribution in [3.05, 3.63) is 30.3 Å². The van der Waals surface area contributed by atoms with Gasteiger partial charge in [-0.3, -0.25) is 19.6 Å². The van der Waals surface area contributed by atoms with Crippen LogP contribution in [-0.2, 0) is 14.4 Å². The number of likely N-dealkylation sites (tertiary alicyclic amines) is 1. The summed E-state index contributed by atoms with van der Waals surface area (Å²) in [6.07, 6.45) is 7.03. The average Bonchev–Trinajstić information content (AvgIpc) is 3.35. The topological polar surface area (TPSA) is 102 Å². The van der Waals surface area contributed by atoms with Crippen LogP contribution in [0.2, 0.25) is 0 Å². The average molecular weight is 487 g/mol. The standard InChI is InChI=1S/C27H42N4O4/c1-27(2,3)24(29-25(33)21(18-31(35)19-32)17-20-9-7-8-10-20)26(34)30-15-13-23(14-16-30)28-22-11-5-4-6-12-22/h4-6,11-12,19-21,23-24,28,35H,7-10,13-18H2,1-3H3,(H,29,33)/t21?,24-/m1/s1. The summed E-state index contributed by atoms with van der Waals surface area (Å²) in [6.45, 7) is 7.06. The molecule has 1 aromatic carbocycles. The van der Waals surface area contributed by atoms with E-state index in [-0.39, 0.29) is 18.4 Å². The molecule has 0 aromatic heterocycles. The molecule has 1 aromatic rings. The predicted molar refractivity (Wildman–Crippen MR) is 136 cm³/mol. The lowest BCUT2D eigenvalue weighted by Crippen LogP contribution is -2.58. The first-order valence-corrected chi connectivity index (χ1v) is 13.0. The van der Waals surface area contributed by atoms with E-state index in [0.717, 1.165) is 44.2 Å². The maximum Gasteiger partial charge on any atom is 0.245 e. The van der Waals surface area contributed by atoms with Crippen molar-refractivity contribution in [1.82, 2.24) is 15.3 Å². The number of hydrogen-bond acceptors (Lipinski definition) is 5. The summed E-state index contributed by atoms with van der Waals surface area (Å²) in [5, 5.41) is 16.9. The number of benzene rings is 1. The van der Waals surface area contributed by atoms with Gasteiger partial charge in [-0.1, -0.05) is 64.7 Å². The van der Waals surface area contributed by atoms with Gasteiger partial charge in [0.2, 0.25) is 18.2 Å². The fourth-order valence-corrected chi connectivity index (χ4v) is 5.29. The van der Waals surface area contributed by atoms with Crippen molar-refractivity contribution in [3.8, 4) is 0 Å². The number of hydrogen-bond donors (Lipinski definition) is 3. The zero-order valence-electron chi connectivity index (χ0n) is 21.4. The molecule has 2 atom stereocenters. The minimum absolute atomic E-state index is 0.0621. The van der Waals surface area contributed by atoms with Gasteiger partial charge >= 0.3 is 0 Å². The minimum atomic E-state index is -0.678. The zero-order valence-corrected chi connectivity index (χ0v) is 21.4. The van der Waals surface area contributed by atoms with Gasteiger partial charge in [0.15, 0.2) is 0 Å². The van der Waals surface area contributed by atoms with Crippen molar-refractivity contribution in [2.75, 3.05) is 25.0 Å². The van der Waals surface area contributed by atoms with Gasteiger partial charge < -0.3 is 15.5 Å². The first-order chi connectivity index (χ1) is 16.7. The largest absolute Gasteiger partial charge is 0.382 e. The van der Waals surface area contributed by atoms with Crippen LogP contribution in [0.4, 0.5) is 5.69 Å². The Kier molecular flexibility index (Phi) is 9.55. The molecule has 1 heterocycles. The fourth-order valence-electron chi connectivity index (χ4n) is 5.29. The van der Waals surface area contributed by atoms with Gasteiger partial charge in [-0.05, 0) is 42.7 Å². The highest BCUT2D eigenvalue weighted by molar-refractivity contribution is 5.89. The number of hydroxylamine groups is 2. The molecule has 3 amide bonds. The molecule has 0 bridgehead atoms. The third-order valence-corrected chi connectivity index (χ3v) is 7.34. The molecule has 1 saturated carbocycles. The second-order valence-electron chi connectivity index (χ2n) is 11.2. The predicted octanol–water partition coefficient (Wildman–Crippen LogP) is 3.66. The van der Waals surface area contributed by atoms with Crippen LogP contribution in [-0.4, -0.2) is 65.1 Å². The molecule has 3 rings (SSSR count). The number of anilines is 1. The first kappa shape index (κ1) is 27.0. The van der Waals surface area contributed by atoms with Crippen LogP contribution < -0.4 is 10.6 Å². The molecule has 2 fully saturated rings. The summed E-state index contributed by atoms with van der Waals surface area (Å²) >= 11 is 0. The Morgan fingerprint density at radius 3 is 2.31 bits per heavy atom. The van der Waals surface area contributed by atoms with Gasteiger partial charge in [-0.2, -0.15) is 0 Å². The molecule has 1 unspecified atom stereocenters. The molecular formula is C27H42N4O4. The molecule has 1 aliphatic heterocycles. The molecule has 1 saturated heterocycles. The lowest BCUT2D eigenvalue weighted by molar-refractivity contribution is -0.156. The minimum Gasteiger partial charge on any atom is -0.382 e. The van der Waals surface area contributed by atoms with E-state index in [0.29, 0.717) is 42.9 Å². The van der Waals surface area contributed by atoms with Crippen LogP contribution in [0.3, 0.4) is 0 Å². The van der Waals surface area contributed by atoms with Crippen molar-refractivity contribution in [1.29, 1.82) is 0 Å². The Balaban J connectivity index is 1.62. The highest BCUT2D eigenvalue weighted by Gasteiger charge is 2.38. The zero-order chi connectivity index (χ0) is 25.4. The number of para-hydroxylation sites is 1. The normalized spacial score (nSPS) is 19.1. The molecule has 0 radical (unpaired) electrons. The van der Waals surface area contributed by atoms with Gasteiger partial charge in [0, 0.05) is 24.8 Å².